The van der Waals surface area contributed by atoms with Gasteiger partial charge in [0.15, 0.2) is 5.82 Å². The molecule has 1 saturated carbocycles. The van der Waals surface area contributed by atoms with E-state index in [1.807, 2.05) is 4.68 Å². The van der Waals surface area contributed by atoms with Crippen LogP contribution in [0.4, 0.5) is 0 Å². The molecule has 18 heavy (non-hydrogen) atoms. The summed E-state index contributed by atoms with van der Waals surface area (Å²) in [7, 11) is 0. The minimum Gasteiger partial charge on any atom is -0.308 e. The van der Waals surface area contributed by atoms with E-state index in [1.165, 1.54) is 25.7 Å². The number of tetrazole rings is 1. The number of hydrogen-bond acceptors (Lipinski definition) is 4. The van der Waals surface area contributed by atoms with Gasteiger partial charge in [-0.1, -0.05) is 33.6 Å². The summed E-state index contributed by atoms with van der Waals surface area (Å²) in [5.41, 5.74) is 0. The predicted molar refractivity (Wildman–Crippen MR) is 70.9 cm³/mol. The van der Waals surface area contributed by atoms with Crippen molar-refractivity contribution in [2.45, 2.75) is 65.6 Å². The first kappa shape index (κ1) is 13.5. The highest BCUT2D eigenvalue weighted by atomic mass is 15.5. The topological polar surface area (TPSA) is 55.6 Å². The highest BCUT2D eigenvalue weighted by Crippen LogP contribution is 2.29. The zero-order chi connectivity index (χ0) is 13.0. The molecule has 0 unspecified atom stereocenters. The first-order valence-corrected chi connectivity index (χ1v) is 7.13. The molecule has 0 atom stereocenters. The second-order valence-corrected chi connectivity index (χ2v) is 5.94. The Kier molecular flexibility index (Phi) is 4.69. The molecule has 1 aromatic rings. The van der Waals surface area contributed by atoms with Crippen molar-refractivity contribution in [2.75, 3.05) is 0 Å². The smallest absolute Gasteiger partial charge is 0.165 e. The van der Waals surface area contributed by atoms with Gasteiger partial charge in [0.25, 0.3) is 0 Å². The van der Waals surface area contributed by atoms with E-state index in [-0.39, 0.29) is 0 Å². The van der Waals surface area contributed by atoms with E-state index in [0.29, 0.717) is 6.04 Å². The Labute approximate surface area is 109 Å². The predicted octanol–water partition coefficient (Wildman–Crippen LogP) is 2.00. The lowest BCUT2D eigenvalue weighted by atomic mass is 9.83. The van der Waals surface area contributed by atoms with Crippen LogP contribution in [0.3, 0.4) is 0 Å². The van der Waals surface area contributed by atoms with Crippen molar-refractivity contribution in [2.24, 2.45) is 11.8 Å². The molecule has 1 aliphatic carbocycles. The van der Waals surface area contributed by atoms with E-state index in [4.69, 9.17) is 0 Å². The van der Waals surface area contributed by atoms with Crippen LogP contribution in [0.15, 0.2) is 0 Å². The fourth-order valence-electron chi connectivity index (χ4n) is 2.54. The fraction of sp³-hybridized carbons (Fsp3) is 0.923. The molecule has 2 rings (SSSR count). The Morgan fingerprint density at radius 2 is 2.00 bits per heavy atom. The molecule has 102 valence electrons. The Hall–Kier alpha value is -0.970. The van der Waals surface area contributed by atoms with Crippen LogP contribution >= 0.6 is 0 Å². The Morgan fingerprint density at radius 3 is 2.67 bits per heavy atom. The third kappa shape index (κ3) is 3.77. The van der Waals surface area contributed by atoms with Crippen molar-refractivity contribution >= 4 is 0 Å². The zero-order valence-electron chi connectivity index (χ0n) is 11.8. The summed E-state index contributed by atoms with van der Waals surface area (Å²) in [6, 6.07) is 0.464. The van der Waals surface area contributed by atoms with Crippen LogP contribution in [-0.2, 0) is 13.1 Å². The summed E-state index contributed by atoms with van der Waals surface area (Å²) in [5, 5.41) is 15.4. The van der Waals surface area contributed by atoms with Crippen molar-refractivity contribution < 1.29 is 0 Å². The summed E-state index contributed by atoms with van der Waals surface area (Å²) >= 11 is 0. The van der Waals surface area contributed by atoms with Gasteiger partial charge in [-0.3, -0.25) is 0 Å². The van der Waals surface area contributed by atoms with Crippen LogP contribution in [0.5, 0.6) is 0 Å². The lowest BCUT2D eigenvalue weighted by Crippen LogP contribution is -2.26. The van der Waals surface area contributed by atoms with E-state index in [0.717, 1.165) is 30.7 Å². The number of nitrogens with zero attached hydrogens (tertiary/aromatic N) is 4. The highest BCUT2D eigenvalue weighted by molar-refractivity contribution is 4.82. The Bertz CT molecular complexity index is 352. The summed E-state index contributed by atoms with van der Waals surface area (Å²) < 4.78 is 1.98. The van der Waals surface area contributed by atoms with Gasteiger partial charge in [-0.2, -0.15) is 0 Å². The molecule has 1 fully saturated rings. The largest absolute Gasteiger partial charge is 0.308 e. The molecule has 5 nitrogen and oxygen atoms in total. The normalized spacial score (nSPS) is 24.7. The molecule has 1 aliphatic rings. The van der Waals surface area contributed by atoms with Gasteiger partial charge in [0.05, 0.1) is 6.54 Å². The number of hydrogen-bond donors (Lipinski definition) is 1. The van der Waals surface area contributed by atoms with Gasteiger partial charge < -0.3 is 5.32 Å². The molecule has 5 heteroatoms. The standard InChI is InChI=1S/C13H25N5/c1-10(2)14-8-13-15-16-17-18(13)9-12-6-4-11(3)5-7-12/h10-12,14H,4-9H2,1-3H3. The minimum atomic E-state index is 0.464. The quantitative estimate of drug-likeness (QED) is 0.869. The molecular formula is C13H25N5. The average Bonchev–Trinajstić information content (AvgIpc) is 2.77. The fourth-order valence-corrected chi connectivity index (χ4v) is 2.54. The molecule has 0 saturated heterocycles. The van der Waals surface area contributed by atoms with Gasteiger partial charge in [-0.25, -0.2) is 4.68 Å². The van der Waals surface area contributed by atoms with Crippen molar-refractivity contribution in [1.29, 1.82) is 0 Å². The molecule has 1 aromatic heterocycles. The van der Waals surface area contributed by atoms with Crippen LogP contribution in [0.25, 0.3) is 0 Å². The molecule has 0 bridgehead atoms. The summed E-state index contributed by atoms with van der Waals surface area (Å²) in [6.45, 7) is 8.36. The van der Waals surface area contributed by atoms with Gasteiger partial charge in [0.2, 0.25) is 0 Å². The Balaban J connectivity index is 1.87. The number of rotatable bonds is 5. The zero-order valence-corrected chi connectivity index (χ0v) is 11.8. The average molecular weight is 251 g/mol. The second-order valence-electron chi connectivity index (χ2n) is 5.94. The molecule has 0 spiro atoms. The van der Waals surface area contributed by atoms with Crippen molar-refractivity contribution in [3.8, 4) is 0 Å². The molecule has 1 heterocycles. The first-order valence-electron chi connectivity index (χ1n) is 7.13. The summed E-state index contributed by atoms with van der Waals surface area (Å²) in [6.07, 6.45) is 5.34. The van der Waals surface area contributed by atoms with Gasteiger partial charge >= 0.3 is 0 Å². The van der Waals surface area contributed by atoms with Crippen LogP contribution < -0.4 is 5.32 Å². The maximum Gasteiger partial charge on any atom is 0.165 e. The second kappa shape index (κ2) is 6.27. The van der Waals surface area contributed by atoms with Crippen LogP contribution in [0.2, 0.25) is 0 Å². The summed E-state index contributed by atoms with van der Waals surface area (Å²) in [4.78, 5) is 0. The molecule has 0 radical (unpaired) electrons. The van der Waals surface area contributed by atoms with Gasteiger partial charge in [-0.15, -0.1) is 5.10 Å². The van der Waals surface area contributed by atoms with Crippen molar-refractivity contribution in [3.63, 3.8) is 0 Å². The van der Waals surface area contributed by atoms with E-state index < -0.39 is 0 Å². The lowest BCUT2D eigenvalue weighted by Gasteiger charge is -2.26. The number of nitrogens with one attached hydrogen (secondary N) is 1. The third-order valence-electron chi connectivity index (χ3n) is 3.84. The molecule has 0 amide bonds. The minimum absolute atomic E-state index is 0.464. The lowest BCUT2D eigenvalue weighted by molar-refractivity contribution is 0.253. The van der Waals surface area contributed by atoms with E-state index in [1.54, 1.807) is 0 Å². The third-order valence-corrected chi connectivity index (χ3v) is 3.84. The van der Waals surface area contributed by atoms with E-state index in [9.17, 15) is 0 Å². The monoisotopic (exact) mass is 251 g/mol. The van der Waals surface area contributed by atoms with Crippen LogP contribution in [-0.4, -0.2) is 26.2 Å². The van der Waals surface area contributed by atoms with E-state index >= 15 is 0 Å². The maximum atomic E-state index is 4.12. The maximum absolute atomic E-state index is 4.12. The molecule has 1 N–H and O–H groups in total. The van der Waals surface area contributed by atoms with Gasteiger partial charge in [0.1, 0.15) is 0 Å². The highest BCUT2D eigenvalue weighted by Gasteiger charge is 2.20. The SMILES string of the molecule is CC1CCC(Cn2nnnc2CNC(C)C)CC1. The van der Waals surface area contributed by atoms with E-state index in [2.05, 4.69) is 41.6 Å². The molecule has 0 aromatic carbocycles. The summed E-state index contributed by atoms with van der Waals surface area (Å²) in [5.74, 6) is 2.61. The van der Waals surface area contributed by atoms with Gasteiger partial charge in [0, 0.05) is 12.6 Å². The van der Waals surface area contributed by atoms with Gasteiger partial charge in [-0.05, 0) is 35.1 Å². The van der Waals surface area contributed by atoms with Crippen LogP contribution in [0, 0.1) is 11.8 Å². The molecular weight excluding hydrogens is 226 g/mol. The van der Waals surface area contributed by atoms with Crippen molar-refractivity contribution in [3.05, 3.63) is 5.82 Å². The first-order chi connectivity index (χ1) is 8.65. The molecule has 0 aliphatic heterocycles. The van der Waals surface area contributed by atoms with Crippen LogP contribution in [0.1, 0.15) is 52.3 Å². The Morgan fingerprint density at radius 1 is 1.28 bits per heavy atom. The number of aromatic nitrogens is 4. The van der Waals surface area contributed by atoms with Crippen molar-refractivity contribution in [1.82, 2.24) is 25.5 Å².